The maximum absolute atomic E-state index is 9.36. The summed E-state index contributed by atoms with van der Waals surface area (Å²) in [6, 6.07) is 0. The molecule has 0 aliphatic heterocycles. The average Bonchev–Trinajstić information content (AvgIpc) is 2.19. The third-order valence-corrected chi connectivity index (χ3v) is 1.67. The fourth-order valence-corrected chi connectivity index (χ4v) is 0.845. The molecule has 0 spiro atoms. The molecular formula is C11H22O3. The first kappa shape index (κ1) is 13.5. The summed E-state index contributed by atoms with van der Waals surface area (Å²) < 4.78 is 10.3. The monoisotopic (exact) mass is 202 g/mol. The Hall–Kier alpha value is -0.540. The van der Waals surface area contributed by atoms with Crippen molar-refractivity contribution in [2.75, 3.05) is 19.8 Å². The van der Waals surface area contributed by atoms with E-state index in [1.54, 1.807) is 6.26 Å². The molecule has 1 N–H and O–H groups in total. The average molecular weight is 202 g/mol. The highest BCUT2D eigenvalue weighted by Crippen LogP contribution is 1.92. The number of allylic oxidation sites excluding steroid dienone is 1. The molecule has 1 unspecified atom stereocenters. The zero-order chi connectivity index (χ0) is 10.6. The summed E-state index contributed by atoms with van der Waals surface area (Å²) in [7, 11) is 0. The van der Waals surface area contributed by atoms with Crippen LogP contribution < -0.4 is 0 Å². The molecule has 1 atom stereocenters. The van der Waals surface area contributed by atoms with Crippen LogP contribution in [0.4, 0.5) is 0 Å². The number of ether oxygens (including phenoxy) is 2. The second-order valence-corrected chi connectivity index (χ2v) is 3.20. The fraction of sp³-hybridized carbons (Fsp3) is 0.818. The molecule has 0 aromatic carbocycles. The summed E-state index contributed by atoms with van der Waals surface area (Å²) in [6.45, 7) is 5.53. The molecule has 0 heterocycles. The predicted molar refractivity (Wildman–Crippen MR) is 57.1 cm³/mol. The van der Waals surface area contributed by atoms with Gasteiger partial charge in [0.05, 0.1) is 12.9 Å². The number of hydrogen-bond donors (Lipinski definition) is 1. The molecule has 14 heavy (non-hydrogen) atoms. The third-order valence-electron chi connectivity index (χ3n) is 1.67. The molecule has 84 valence electrons. The van der Waals surface area contributed by atoms with E-state index in [0.717, 1.165) is 25.9 Å². The van der Waals surface area contributed by atoms with Gasteiger partial charge in [0.2, 0.25) is 0 Å². The van der Waals surface area contributed by atoms with Gasteiger partial charge in [-0.05, 0) is 12.8 Å². The largest absolute Gasteiger partial charge is 0.499 e. The Labute approximate surface area is 86.7 Å². The molecule has 0 aliphatic carbocycles. The van der Waals surface area contributed by atoms with E-state index < -0.39 is 6.10 Å². The van der Waals surface area contributed by atoms with Gasteiger partial charge in [-0.2, -0.15) is 0 Å². The van der Waals surface area contributed by atoms with Gasteiger partial charge in [-0.1, -0.05) is 26.3 Å². The van der Waals surface area contributed by atoms with E-state index in [2.05, 4.69) is 6.92 Å². The van der Waals surface area contributed by atoms with Gasteiger partial charge in [0.15, 0.2) is 0 Å². The van der Waals surface area contributed by atoms with Crippen LogP contribution in [0.3, 0.4) is 0 Å². The van der Waals surface area contributed by atoms with Crippen molar-refractivity contribution in [1.82, 2.24) is 0 Å². The van der Waals surface area contributed by atoms with Crippen LogP contribution in [0.2, 0.25) is 0 Å². The SMILES string of the molecule is CCC=COCC(O)COCCCC. The zero-order valence-corrected chi connectivity index (χ0v) is 9.24. The quantitative estimate of drug-likeness (QED) is 0.459. The summed E-state index contributed by atoms with van der Waals surface area (Å²) in [5, 5.41) is 9.36. The molecule has 0 rings (SSSR count). The Morgan fingerprint density at radius 2 is 2.07 bits per heavy atom. The van der Waals surface area contributed by atoms with Crippen molar-refractivity contribution in [2.45, 2.75) is 39.2 Å². The van der Waals surface area contributed by atoms with Crippen LogP contribution in [0, 0.1) is 0 Å². The van der Waals surface area contributed by atoms with Crippen molar-refractivity contribution in [3.8, 4) is 0 Å². The van der Waals surface area contributed by atoms with Gasteiger partial charge in [0.1, 0.15) is 12.7 Å². The lowest BCUT2D eigenvalue weighted by molar-refractivity contribution is 0.00166. The second-order valence-electron chi connectivity index (χ2n) is 3.20. The van der Waals surface area contributed by atoms with E-state index >= 15 is 0 Å². The van der Waals surface area contributed by atoms with Crippen LogP contribution in [0.5, 0.6) is 0 Å². The number of unbranched alkanes of at least 4 members (excludes halogenated alkanes) is 1. The van der Waals surface area contributed by atoms with Crippen LogP contribution in [-0.2, 0) is 9.47 Å². The van der Waals surface area contributed by atoms with Crippen LogP contribution in [-0.4, -0.2) is 31.0 Å². The van der Waals surface area contributed by atoms with E-state index in [9.17, 15) is 5.11 Å². The smallest absolute Gasteiger partial charge is 0.115 e. The van der Waals surface area contributed by atoms with Crippen molar-refractivity contribution < 1.29 is 14.6 Å². The molecule has 3 nitrogen and oxygen atoms in total. The molecule has 0 amide bonds. The number of aliphatic hydroxyl groups excluding tert-OH is 1. The van der Waals surface area contributed by atoms with Crippen LogP contribution in [0.15, 0.2) is 12.3 Å². The summed E-state index contributed by atoms with van der Waals surface area (Å²) in [4.78, 5) is 0. The first-order chi connectivity index (χ1) is 6.81. The van der Waals surface area contributed by atoms with Gasteiger partial charge in [-0.15, -0.1) is 0 Å². The van der Waals surface area contributed by atoms with Crippen molar-refractivity contribution in [3.05, 3.63) is 12.3 Å². The van der Waals surface area contributed by atoms with Crippen LogP contribution in [0.25, 0.3) is 0 Å². The standard InChI is InChI=1S/C11H22O3/c1-3-5-7-13-9-11(12)10-14-8-6-4-2/h5,7,11-12H,3-4,6,8-10H2,1-2H3. The van der Waals surface area contributed by atoms with E-state index in [1.165, 1.54) is 0 Å². The summed E-state index contributed by atoms with van der Waals surface area (Å²) in [6.07, 6.45) is 6.12. The first-order valence-corrected chi connectivity index (χ1v) is 5.33. The highest BCUT2D eigenvalue weighted by atomic mass is 16.5. The molecule has 0 aliphatic rings. The van der Waals surface area contributed by atoms with E-state index in [0.29, 0.717) is 13.2 Å². The minimum atomic E-state index is -0.520. The Morgan fingerprint density at radius 3 is 2.71 bits per heavy atom. The van der Waals surface area contributed by atoms with E-state index in [-0.39, 0.29) is 0 Å². The van der Waals surface area contributed by atoms with Gasteiger partial charge in [-0.3, -0.25) is 0 Å². The summed E-state index contributed by atoms with van der Waals surface area (Å²) >= 11 is 0. The maximum atomic E-state index is 9.36. The Morgan fingerprint density at radius 1 is 1.29 bits per heavy atom. The molecule has 0 bridgehead atoms. The van der Waals surface area contributed by atoms with Gasteiger partial charge < -0.3 is 14.6 Å². The highest BCUT2D eigenvalue weighted by molar-refractivity contribution is 4.71. The maximum Gasteiger partial charge on any atom is 0.115 e. The molecule has 0 aromatic heterocycles. The van der Waals surface area contributed by atoms with E-state index in [1.807, 2.05) is 13.0 Å². The van der Waals surface area contributed by atoms with Gasteiger partial charge in [0, 0.05) is 6.61 Å². The molecule has 0 saturated heterocycles. The first-order valence-electron chi connectivity index (χ1n) is 5.33. The van der Waals surface area contributed by atoms with Gasteiger partial charge in [-0.25, -0.2) is 0 Å². The van der Waals surface area contributed by atoms with Crippen molar-refractivity contribution >= 4 is 0 Å². The Bertz CT molecular complexity index is 134. The van der Waals surface area contributed by atoms with Crippen molar-refractivity contribution in [1.29, 1.82) is 0 Å². The molecular weight excluding hydrogens is 180 g/mol. The minimum absolute atomic E-state index is 0.308. The Kier molecular flexibility index (Phi) is 10.1. The van der Waals surface area contributed by atoms with Gasteiger partial charge >= 0.3 is 0 Å². The molecule has 0 fully saturated rings. The predicted octanol–water partition coefficient (Wildman–Crippen LogP) is 2.10. The highest BCUT2D eigenvalue weighted by Gasteiger charge is 2.02. The summed E-state index contributed by atoms with van der Waals surface area (Å²) in [5.41, 5.74) is 0. The molecule has 0 radical (unpaired) electrons. The van der Waals surface area contributed by atoms with Crippen molar-refractivity contribution in [2.24, 2.45) is 0 Å². The lowest BCUT2D eigenvalue weighted by Crippen LogP contribution is -2.20. The zero-order valence-electron chi connectivity index (χ0n) is 9.24. The lowest BCUT2D eigenvalue weighted by Gasteiger charge is -2.10. The molecule has 3 heteroatoms. The third kappa shape index (κ3) is 9.55. The van der Waals surface area contributed by atoms with Crippen molar-refractivity contribution in [3.63, 3.8) is 0 Å². The fourth-order valence-electron chi connectivity index (χ4n) is 0.845. The topological polar surface area (TPSA) is 38.7 Å². The summed E-state index contributed by atoms with van der Waals surface area (Å²) in [5.74, 6) is 0. The number of hydrogen-bond acceptors (Lipinski definition) is 3. The van der Waals surface area contributed by atoms with Gasteiger partial charge in [0.25, 0.3) is 0 Å². The Balaban J connectivity index is 3.19. The number of rotatable bonds is 9. The van der Waals surface area contributed by atoms with Crippen LogP contribution >= 0.6 is 0 Å². The van der Waals surface area contributed by atoms with E-state index in [4.69, 9.17) is 9.47 Å². The van der Waals surface area contributed by atoms with Crippen LogP contribution in [0.1, 0.15) is 33.1 Å². The molecule has 0 aromatic rings. The number of aliphatic hydroxyl groups is 1. The minimum Gasteiger partial charge on any atom is -0.499 e. The normalized spacial score (nSPS) is 13.4. The lowest BCUT2D eigenvalue weighted by atomic mass is 10.3. The molecule has 0 saturated carbocycles. The second kappa shape index (κ2) is 10.5.